The van der Waals surface area contributed by atoms with E-state index in [2.05, 4.69) is 5.32 Å². The van der Waals surface area contributed by atoms with Gasteiger partial charge in [0.15, 0.2) is 0 Å². The van der Waals surface area contributed by atoms with Crippen molar-refractivity contribution in [2.24, 2.45) is 5.73 Å². The molecule has 1 unspecified atom stereocenters. The molecule has 1 aromatic rings. The van der Waals surface area contributed by atoms with Crippen LogP contribution in [0.25, 0.3) is 0 Å². The summed E-state index contributed by atoms with van der Waals surface area (Å²) in [5.74, 6) is 0.868. The van der Waals surface area contributed by atoms with Crippen molar-refractivity contribution in [3.05, 3.63) is 29.3 Å². The summed E-state index contributed by atoms with van der Waals surface area (Å²) in [4.78, 5) is 11.9. The summed E-state index contributed by atoms with van der Waals surface area (Å²) < 4.78 is 5.41. The van der Waals surface area contributed by atoms with E-state index < -0.39 is 0 Å². The Bertz CT molecular complexity index is 432. The molecule has 1 aliphatic rings. The van der Waals surface area contributed by atoms with Gasteiger partial charge in [0.05, 0.1) is 6.61 Å². The van der Waals surface area contributed by atoms with Crippen LogP contribution < -0.4 is 15.8 Å². The summed E-state index contributed by atoms with van der Waals surface area (Å²) in [6.45, 7) is 3.39. The molecule has 0 bridgehead atoms. The van der Waals surface area contributed by atoms with Crippen molar-refractivity contribution in [1.29, 1.82) is 0 Å². The summed E-state index contributed by atoms with van der Waals surface area (Å²) in [5, 5.41) is 2.90. The number of ether oxygens (including phenoxy) is 1. The molecule has 0 saturated heterocycles. The number of rotatable bonds is 5. The lowest BCUT2D eigenvalue weighted by atomic mass is 10.1. The average Bonchev–Trinajstić information content (AvgIpc) is 2.85. The van der Waals surface area contributed by atoms with Crippen molar-refractivity contribution in [3.63, 3.8) is 0 Å². The number of benzene rings is 1. The molecular formula is C14H20N2O2. The number of carbonyl (C=O) groups is 1. The van der Waals surface area contributed by atoms with Crippen molar-refractivity contribution >= 4 is 5.91 Å². The SMILES string of the molecule is CCC(N)CCNC(=O)c1ccc2c(c1)CCO2. The van der Waals surface area contributed by atoms with E-state index in [0.717, 1.165) is 30.6 Å². The van der Waals surface area contributed by atoms with Crippen LogP contribution in [0.5, 0.6) is 5.75 Å². The van der Waals surface area contributed by atoms with Crippen molar-refractivity contribution in [2.45, 2.75) is 32.2 Å². The Kier molecular flexibility index (Phi) is 4.20. The van der Waals surface area contributed by atoms with Crippen LogP contribution in [0.3, 0.4) is 0 Å². The molecule has 0 aromatic heterocycles. The van der Waals surface area contributed by atoms with Gasteiger partial charge >= 0.3 is 0 Å². The molecule has 4 nitrogen and oxygen atoms in total. The topological polar surface area (TPSA) is 64.3 Å². The van der Waals surface area contributed by atoms with Gasteiger partial charge in [0.1, 0.15) is 5.75 Å². The summed E-state index contributed by atoms with van der Waals surface area (Å²) in [5.41, 5.74) is 7.62. The summed E-state index contributed by atoms with van der Waals surface area (Å²) >= 11 is 0. The molecule has 3 N–H and O–H groups in total. The van der Waals surface area contributed by atoms with Gasteiger partial charge in [-0.3, -0.25) is 4.79 Å². The number of hydrogen-bond donors (Lipinski definition) is 2. The van der Waals surface area contributed by atoms with Gasteiger partial charge in [0.2, 0.25) is 0 Å². The van der Waals surface area contributed by atoms with Crippen molar-refractivity contribution in [2.75, 3.05) is 13.2 Å². The van der Waals surface area contributed by atoms with Crippen LogP contribution in [0.2, 0.25) is 0 Å². The van der Waals surface area contributed by atoms with Crippen LogP contribution in [0.15, 0.2) is 18.2 Å². The molecule has 18 heavy (non-hydrogen) atoms. The van der Waals surface area contributed by atoms with Crippen LogP contribution in [0.1, 0.15) is 35.7 Å². The minimum Gasteiger partial charge on any atom is -0.493 e. The molecule has 1 amide bonds. The number of carbonyl (C=O) groups excluding carboxylic acids is 1. The average molecular weight is 248 g/mol. The zero-order valence-electron chi connectivity index (χ0n) is 10.7. The zero-order valence-corrected chi connectivity index (χ0v) is 10.7. The first-order valence-electron chi connectivity index (χ1n) is 6.50. The molecule has 0 radical (unpaired) electrons. The fourth-order valence-electron chi connectivity index (χ4n) is 2.01. The van der Waals surface area contributed by atoms with Gasteiger partial charge in [0, 0.05) is 24.6 Å². The second-order valence-corrected chi connectivity index (χ2v) is 4.63. The van der Waals surface area contributed by atoms with Crippen LogP contribution in [-0.4, -0.2) is 25.1 Å². The van der Waals surface area contributed by atoms with E-state index in [4.69, 9.17) is 10.5 Å². The van der Waals surface area contributed by atoms with Gasteiger partial charge < -0.3 is 15.8 Å². The largest absolute Gasteiger partial charge is 0.493 e. The van der Waals surface area contributed by atoms with Crippen molar-refractivity contribution < 1.29 is 9.53 Å². The highest BCUT2D eigenvalue weighted by atomic mass is 16.5. The molecule has 1 atom stereocenters. The maximum atomic E-state index is 11.9. The third-order valence-electron chi connectivity index (χ3n) is 3.28. The van der Waals surface area contributed by atoms with Gasteiger partial charge in [0.25, 0.3) is 5.91 Å². The Morgan fingerprint density at radius 3 is 3.17 bits per heavy atom. The van der Waals surface area contributed by atoms with Gasteiger partial charge in [-0.15, -0.1) is 0 Å². The highest BCUT2D eigenvalue weighted by molar-refractivity contribution is 5.94. The van der Waals surface area contributed by atoms with Crippen molar-refractivity contribution in [1.82, 2.24) is 5.32 Å². The first-order valence-corrected chi connectivity index (χ1v) is 6.50. The van der Waals surface area contributed by atoms with Gasteiger partial charge in [-0.25, -0.2) is 0 Å². The molecule has 1 heterocycles. The third-order valence-corrected chi connectivity index (χ3v) is 3.28. The second kappa shape index (κ2) is 5.87. The number of amides is 1. The molecule has 0 aliphatic carbocycles. The molecule has 0 fully saturated rings. The van der Waals surface area contributed by atoms with E-state index in [0.29, 0.717) is 18.7 Å². The number of hydrogen-bond acceptors (Lipinski definition) is 3. The Balaban J connectivity index is 1.89. The van der Waals surface area contributed by atoms with E-state index in [1.165, 1.54) is 0 Å². The van der Waals surface area contributed by atoms with Crippen LogP contribution >= 0.6 is 0 Å². The van der Waals surface area contributed by atoms with Crippen LogP contribution in [0.4, 0.5) is 0 Å². The number of nitrogens with two attached hydrogens (primary N) is 1. The lowest BCUT2D eigenvalue weighted by Crippen LogP contribution is -2.30. The monoisotopic (exact) mass is 248 g/mol. The minimum absolute atomic E-state index is 0.0343. The van der Waals surface area contributed by atoms with Gasteiger partial charge in [-0.05, 0) is 36.6 Å². The fourth-order valence-corrected chi connectivity index (χ4v) is 2.01. The highest BCUT2D eigenvalue weighted by Gasteiger charge is 2.14. The van der Waals surface area contributed by atoms with E-state index in [9.17, 15) is 4.79 Å². The summed E-state index contributed by atoms with van der Waals surface area (Å²) in [6.07, 6.45) is 2.64. The van der Waals surface area contributed by atoms with Crippen LogP contribution in [-0.2, 0) is 6.42 Å². The first kappa shape index (κ1) is 12.9. The minimum atomic E-state index is -0.0343. The number of fused-ring (bicyclic) bond motifs is 1. The Labute approximate surface area is 108 Å². The van der Waals surface area contributed by atoms with E-state index in [1.807, 2.05) is 19.1 Å². The van der Waals surface area contributed by atoms with Crippen LogP contribution in [0, 0.1) is 0 Å². The quantitative estimate of drug-likeness (QED) is 0.829. The predicted octanol–water partition coefficient (Wildman–Crippen LogP) is 1.48. The maximum Gasteiger partial charge on any atom is 0.251 e. The van der Waals surface area contributed by atoms with Gasteiger partial charge in [-0.1, -0.05) is 6.92 Å². The van der Waals surface area contributed by atoms with E-state index in [-0.39, 0.29) is 11.9 Å². The Morgan fingerprint density at radius 1 is 1.56 bits per heavy atom. The lowest BCUT2D eigenvalue weighted by molar-refractivity contribution is 0.0952. The predicted molar refractivity (Wildman–Crippen MR) is 70.9 cm³/mol. The maximum absolute atomic E-state index is 11.9. The summed E-state index contributed by atoms with van der Waals surface area (Å²) in [6, 6.07) is 5.75. The Morgan fingerprint density at radius 2 is 2.39 bits per heavy atom. The lowest BCUT2D eigenvalue weighted by Gasteiger charge is -2.10. The number of nitrogens with one attached hydrogen (secondary N) is 1. The van der Waals surface area contributed by atoms with Crippen molar-refractivity contribution in [3.8, 4) is 5.75 Å². The molecule has 0 saturated carbocycles. The standard InChI is InChI=1S/C14H20N2O2/c1-2-12(15)5-7-16-14(17)11-3-4-13-10(9-11)6-8-18-13/h3-4,9,12H,2,5-8,15H2,1H3,(H,16,17). The molecule has 1 aromatic carbocycles. The smallest absolute Gasteiger partial charge is 0.251 e. The summed E-state index contributed by atoms with van der Waals surface area (Å²) in [7, 11) is 0. The molecule has 98 valence electrons. The highest BCUT2D eigenvalue weighted by Crippen LogP contribution is 2.25. The molecule has 4 heteroatoms. The molecule has 1 aliphatic heterocycles. The van der Waals surface area contributed by atoms with E-state index >= 15 is 0 Å². The molecule has 0 spiro atoms. The first-order chi connectivity index (χ1) is 8.70. The van der Waals surface area contributed by atoms with Gasteiger partial charge in [-0.2, -0.15) is 0 Å². The van der Waals surface area contributed by atoms with E-state index in [1.54, 1.807) is 6.07 Å². The Hall–Kier alpha value is -1.55. The fraction of sp³-hybridized carbons (Fsp3) is 0.500. The zero-order chi connectivity index (χ0) is 13.0. The second-order valence-electron chi connectivity index (χ2n) is 4.63. The molecule has 2 rings (SSSR count). The third kappa shape index (κ3) is 3.01. The molecular weight excluding hydrogens is 228 g/mol. The normalized spacial score (nSPS) is 14.8.